The minimum Gasteiger partial charge on any atom is -0.312 e. The number of piperidine rings is 1. The largest absolute Gasteiger partial charge is 0.312 e. The van der Waals surface area contributed by atoms with Crippen LogP contribution in [0.3, 0.4) is 0 Å². The normalized spacial score (nSPS) is 22.2. The van der Waals surface area contributed by atoms with Gasteiger partial charge in [0.25, 0.3) is 0 Å². The van der Waals surface area contributed by atoms with Gasteiger partial charge in [0, 0.05) is 12.1 Å². The first-order valence-corrected chi connectivity index (χ1v) is 7.06. The third-order valence-electron chi connectivity index (χ3n) is 4.03. The van der Waals surface area contributed by atoms with Crippen LogP contribution >= 0.6 is 0 Å². The summed E-state index contributed by atoms with van der Waals surface area (Å²) in [6.07, 6.45) is 3.96. The lowest BCUT2D eigenvalue weighted by atomic mass is 9.89. The third kappa shape index (κ3) is 2.93. The third-order valence-corrected chi connectivity index (χ3v) is 4.03. The average molecular weight is 246 g/mol. The highest BCUT2D eigenvalue weighted by Crippen LogP contribution is 2.29. The van der Waals surface area contributed by atoms with E-state index in [0.29, 0.717) is 12.1 Å². The van der Waals surface area contributed by atoms with Crippen molar-refractivity contribution in [1.29, 1.82) is 0 Å². The SMILES string of the molecule is Cc1ccc(C(C2CCCCN2)N(C)C)c(C)c1. The molecule has 0 radical (unpaired) electrons. The molecular weight excluding hydrogens is 220 g/mol. The molecule has 0 bridgehead atoms. The molecule has 18 heavy (non-hydrogen) atoms. The van der Waals surface area contributed by atoms with Gasteiger partial charge in [0.15, 0.2) is 0 Å². The molecule has 2 heteroatoms. The number of likely N-dealkylation sites (N-methyl/N-ethyl adjacent to an activating group) is 1. The molecule has 0 saturated carbocycles. The van der Waals surface area contributed by atoms with E-state index in [1.54, 1.807) is 0 Å². The van der Waals surface area contributed by atoms with Crippen LogP contribution in [0.2, 0.25) is 0 Å². The number of benzene rings is 1. The summed E-state index contributed by atoms with van der Waals surface area (Å²) < 4.78 is 0. The van der Waals surface area contributed by atoms with Crippen molar-refractivity contribution in [3.05, 3.63) is 34.9 Å². The molecule has 1 aliphatic heterocycles. The van der Waals surface area contributed by atoms with Crippen molar-refractivity contribution < 1.29 is 0 Å². The van der Waals surface area contributed by atoms with E-state index in [4.69, 9.17) is 0 Å². The summed E-state index contributed by atoms with van der Waals surface area (Å²) in [5.74, 6) is 0. The van der Waals surface area contributed by atoms with Gasteiger partial charge in [0.2, 0.25) is 0 Å². The van der Waals surface area contributed by atoms with Gasteiger partial charge in [0.05, 0.1) is 0 Å². The van der Waals surface area contributed by atoms with Gasteiger partial charge in [-0.2, -0.15) is 0 Å². The standard InChI is InChI=1S/C16H26N2/c1-12-8-9-14(13(2)11-12)16(18(3)4)15-7-5-6-10-17-15/h8-9,11,15-17H,5-7,10H2,1-4H3. The molecule has 2 atom stereocenters. The second-order valence-electron chi connectivity index (χ2n) is 5.82. The van der Waals surface area contributed by atoms with Crippen LogP contribution in [0.4, 0.5) is 0 Å². The molecule has 2 nitrogen and oxygen atoms in total. The molecule has 1 fully saturated rings. The van der Waals surface area contributed by atoms with Crippen LogP contribution in [0.1, 0.15) is 42.0 Å². The van der Waals surface area contributed by atoms with Gasteiger partial charge < -0.3 is 10.2 Å². The zero-order valence-corrected chi connectivity index (χ0v) is 12.2. The molecule has 1 heterocycles. The van der Waals surface area contributed by atoms with E-state index in [2.05, 4.69) is 56.4 Å². The average Bonchev–Trinajstić information content (AvgIpc) is 2.33. The summed E-state index contributed by atoms with van der Waals surface area (Å²) in [6.45, 7) is 5.57. The van der Waals surface area contributed by atoms with Gasteiger partial charge in [-0.05, 0) is 58.5 Å². The van der Waals surface area contributed by atoms with E-state index < -0.39 is 0 Å². The van der Waals surface area contributed by atoms with Gasteiger partial charge in [-0.25, -0.2) is 0 Å². The summed E-state index contributed by atoms with van der Waals surface area (Å²) in [7, 11) is 4.39. The van der Waals surface area contributed by atoms with Gasteiger partial charge in [-0.15, -0.1) is 0 Å². The number of nitrogens with one attached hydrogen (secondary N) is 1. The van der Waals surface area contributed by atoms with Gasteiger partial charge >= 0.3 is 0 Å². The van der Waals surface area contributed by atoms with Gasteiger partial charge in [0.1, 0.15) is 0 Å². The summed E-state index contributed by atoms with van der Waals surface area (Å²) in [4.78, 5) is 2.36. The number of rotatable bonds is 3. The predicted molar refractivity (Wildman–Crippen MR) is 78.0 cm³/mol. The molecular formula is C16H26N2. The molecule has 0 amide bonds. The van der Waals surface area contributed by atoms with Crippen LogP contribution in [0.25, 0.3) is 0 Å². The van der Waals surface area contributed by atoms with E-state index in [1.807, 2.05) is 0 Å². The van der Waals surface area contributed by atoms with E-state index in [1.165, 1.54) is 42.5 Å². The Morgan fingerprint density at radius 2 is 2.00 bits per heavy atom. The first kappa shape index (κ1) is 13.6. The van der Waals surface area contributed by atoms with Crippen LogP contribution in [0, 0.1) is 13.8 Å². The smallest absolute Gasteiger partial charge is 0.0498 e. The second kappa shape index (κ2) is 5.85. The van der Waals surface area contributed by atoms with Crippen molar-refractivity contribution in [2.45, 2.75) is 45.2 Å². The van der Waals surface area contributed by atoms with Crippen LogP contribution in [0.5, 0.6) is 0 Å². The minimum atomic E-state index is 0.492. The van der Waals surface area contributed by atoms with Crippen LogP contribution in [0.15, 0.2) is 18.2 Å². The molecule has 2 unspecified atom stereocenters. The Kier molecular flexibility index (Phi) is 4.41. The topological polar surface area (TPSA) is 15.3 Å². The van der Waals surface area contributed by atoms with Crippen molar-refractivity contribution in [3.63, 3.8) is 0 Å². The Morgan fingerprint density at radius 1 is 1.22 bits per heavy atom. The zero-order valence-electron chi connectivity index (χ0n) is 12.2. The fourth-order valence-electron chi connectivity index (χ4n) is 3.16. The van der Waals surface area contributed by atoms with E-state index in [9.17, 15) is 0 Å². The Balaban J connectivity index is 2.28. The maximum absolute atomic E-state index is 3.70. The van der Waals surface area contributed by atoms with Gasteiger partial charge in [-0.1, -0.05) is 30.2 Å². The van der Waals surface area contributed by atoms with Crippen molar-refractivity contribution in [2.24, 2.45) is 0 Å². The highest BCUT2D eigenvalue weighted by molar-refractivity contribution is 5.33. The summed E-state index contributed by atoms with van der Waals surface area (Å²) in [5, 5.41) is 3.70. The van der Waals surface area contributed by atoms with Crippen LogP contribution < -0.4 is 5.32 Å². The molecule has 100 valence electrons. The lowest BCUT2D eigenvalue weighted by molar-refractivity contribution is 0.204. The number of aryl methyl sites for hydroxylation is 2. The Bertz CT molecular complexity index is 392. The van der Waals surface area contributed by atoms with Crippen molar-refractivity contribution >= 4 is 0 Å². The lowest BCUT2D eigenvalue weighted by Crippen LogP contribution is -2.44. The molecule has 1 aromatic rings. The van der Waals surface area contributed by atoms with Crippen LogP contribution in [-0.4, -0.2) is 31.6 Å². The molecule has 0 spiro atoms. The van der Waals surface area contributed by atoms with Gasteiger partial charge in [-0.3, -0.25) is 0 Å². The lowest BCUT2D eigenvalue weighted by Gasteiger charge is -2.36. The maximum Gasteiger partial charge on any atom is 0.0498 e. The first-order valence-electron chi connectivity index (χ1n) is 7.06. The second-order valence-corrected chi connectivity index (χ2v) is 5.82. The van der Waals surface area contributed by atoms with E-state index in [-0.39, 0.29) is 0 Å². The Hall–Kier alpha value is -0.860. The summed E-state index contributed by atoms with van der Waals surface area (Å²) >= 11 is 0. The quantitative estimate of drug-likeness (QED) is 0.882. The van der Waals surface area contributed by atoms with Crippen molar-refractivity contribution in [2.75, 3.05) is 20.6 Å². The first-order chi connectivity index (χ1) is 8.59. The molecule has 1 saturated heterocycles. The molecule has 1 aliphatic rings. The van der Waals surface area contributed by atoms with Crippen LogP contribution in [-0.2, 0) is 0 Å². The molecule has 0 aliphatic carbocycles. The molecule has 1 aromatic carbocycles. The van der Waals surface area contributed by atoms with E-state index in [0.717, 1.165) is 0 Å². The minimum absolute atomic E-state index is 0.492. The summed E-state index contributed by atoms with van der Waals surface area (Å²) in [5.41, 5.74) is 4.25. The van der Waals surface area contributed by atoms with Crippen molar-refractivity contribution in [1.82, 2.24) is 10.2 Å². The Morgan fingerprint density at radius 3 is 2.56 bits per heavy atom. The highest BCUT2D eigenvalue weighted by atomic mass is 15.1. The molecule has 2 rings (SSSR count). The molecule has 1 N–H and O–H groups in total. The zero-order chi connectivity index (χ0) is 13.1. The summed E-state index contributed by atoms with van der Waals surface area (Å²) in [6, 6.07) is 7.93. The maximum atomic E-state index is 3.70. The molecule has 0 aromatic heterocycles. The highest BCUT2D eigenvalue weighted by Gasteiger charge is 2.27. The van der Waals surface area contributed by atoms with E-state index >= 15 is 0 Å². The monoisotopic (exact) mass is 246 g/mol. The number of hydrogen-bond acceptors (Lipinski definition) is 2. The Labute approximate surface area is 111 Å². The fraction of sp³-hybridized carbons (Fsp3) is 0.625. The predicted octanol–water partition coefficient (Wildman–Crippen LogP) is 3.05. The fourth-order valence-corrected chi connectivity index (χ4v) is 3.16. The number of nitrogens with zero attached hydrogens (tertiary/aromatic N) is 1. The number of hydrogen-bond donors (Lipinski definition) is 1. The van der Waals surface area contributed by atoms with Crippen molar-refractivity contribution in [3.8, 4) is 0 Å².